The predicted molar refractivity (Wildman–Crippen MR) is 158 cm³/mol. The summed E-state index contributed by atoms with van der Waals surface area (Å²) in [5, 5.41) is 3.33. The minimum Gasteiger partial charge on any atom is -0.352 e. The summed E-state index contributed by atoms with van der Waals surface area (Å²) in [5.41, 5.74) is 4.55. The number of carbonyl (C=O) groups excluding carboxylic acids is 2. The number of hydrogen-bond donors (Lipinski definition) is 1. The molecule has 0 spiro atoms. The number of benzene rings is 3. The van der Waals surface area contributed by atoms with Crippen molar-refractivity contribution < 1.29 is 9.59 Å². The van der Waals surface area contributed by atoms with Crippen LogP contribution < -0.4 is 5.32 Å². The Balaban J connectivity index is 1.53. The fourth-order valence-corrected chi connectivity index (χ4v) is 6.03. The lowest BCUT2D eigenvalue weighted by Gasteiger charge is -2.34. The second kappa shape index (κ2) is 14.8. The van der Waals surface area contributed by atoms with Gasteiger partial charge in [-0.15, -0.1) is 0 Å². The van der Waals surface area contributed by atoms with E-state index in [1.165, 1.54) is 12.0 Å². The van der Waals surface area contributed by atoms with E-state index < -0.39 is 6.04 Å². The lowest BCUT2D eigenvalue weighted by Crippen LogP contribution is -2.53. The van der Waals surface area contributed by atoms with Crippen LogP contribution in [0.15, 0.2) is 84.9 Å². The third-order valence-corrected chi connectivity index (χ3v) is 8.43. The molecule has 0 aliphatic heterocycles. The zero-order valence-corrected chi connectivity index (χ0v) is 23.3. The van der Waals surface area contributed by atoms with Crippen molar-refractivity contribution in [3.8, 4) is 0 Å². The number of rotatable bonds is 12. The van der Waals surface area contributed by atoms with Gasteiger partial charge in [-0.1, -0.05) is 104 Å². The van der Waals surface area contributed by atoms with Gasteiger partial charge in [0.15, 0.2) is 0 Å². The SMILES string of the molecule is Cc1ccccc1CN(C(=O)CCSCc1ccccc1)[C@@H](Cc1ccccc1)C(=O)NC1CCCCC1. The van der Waals surface area contributed by atoms with E-state index in [4.69, 9.17) is 0 Å². The van der Waals surface area contributed by atoms with Crippen molar-refractivity contribution in [1.29, 1.82) is 0 Å². The van der Waals surface area contributed by atoms with Crippen LogP contribution in [0.25, 0.3) is 0 Å². The molecule has 1 fully saturated rings. The van der Waals surface area contributed by atoms with E-state index in [9.17, 15) is 9.59 Å². The molecule has 0 unspecified atom stereocenters. The molecule has 0 aromatic heterocycles. The zero-order valence-electron chi connectivity index (χ0n) is 22.5. The van der Waals surface area contributed by atoms with Gasteiger partial charge in [-0.25, -0.2) is 0 Å². The number of nitrogens with one attached hydrogen (secondary N) is 1. The second-order valence-electron chi connectivity index (χ2n) is 10.3. The smallest absolute Gasteiger partial charge is 0.243 e. The van der Waals surface area contributed by atoms with Crippen molar-refractivity contribution in [3.05, 3.63) is 107 Å². The van der Waals surface area contributed by atoms with Gasteiger partial charge < -0.3 is 10.2 Å². The van der Waals surface area contributed by atoms with Crippen LogP contribution in [-0.4, -0.2) is 34.6 Å². The highest BCUT2D eigenvalue weighted by Crippen LogP contribution is 2.22. The van der Waals surface area contributed by atoms with Crippen LogP contribution in [0.5, 0.6) is 0 Å². The topological polar surface area (TPSA) is 49.4 Å². The lowest BCUT2D eigenvalue weighted by molar-refractivity contribution is -0.141. The van der Waals surface area contributed by atoms with Crippen LogP contribution in [0, 0.1) is 6.92 Å². The van der Waals surface area contributed by atoms with E-state index in [1.807, 2.05) is 65.6 Å². The van der Waals surface area contributed by atoms with Crippen molar-refractivity contribution in [2.45, 2.75) is 76.3 Å². The van der Waals surface area contributed by atoms with E-state index >= 15 is 0 Å². The molecule has 1 aliphatic carbocycles. The van der Waals surface area contributed by atoms with Gasteiger partial charge in [0.25, 0.3) is 0 Å². The Bertz CT molecular complexity index is 1150. The minimum absolute atomic E-state index is 0.0281. The van der Waals surface area contributed by atoms with Crippen LogP contribution in [0.4, 0.5) is 0 Å². The quantitative estimate of drug-likeness (QED) is 0.266. The summed E-state index contributed by atoms with van der Waals surface area (Å²) in [6.45, 7) is 2.51. The number of nitrogens with zero attached hydrogens (tertiary/aromatic N) is 1. The molecule has 2 amide bonds. The molecule has 4 rings (SSSR count). The molecule has 5 heteroatoms. The highest BCUT2D eigenvalue weighted by Gasteiger charge is 2.31. The zero-order chi connectivity index (χ0) is 26.6. The van der Waals surface area contributed by atoms with E-state index in [0.29, 0.717) is 19.4 Å². The largest absolute Gasteiger partial charge is 0.352 e. The van der Waals surface area contributed by atoms with E-state index in [2.05, 4.69) is 36.5 Å². The molecule has 0 radical (unpaired) electrons. The van der Waals surface area contributed by atoms with Crippen LogP contribution in [0.2, 0.25) is 0 Å². The van der Waals surface area contributed by atoms with Crippen molar-refractivity contribution in [1.82, 2.24) is 10.2 Å². The highest BCUT2D eigenvalue weighted by molar-refractivity contribution is 7.98. The van der Waals surface area contributed by atoms with Gasteiger partial charge in [0.1, 0.15) is 6.04 Å². The Labute approximate surface area is 232 Å². The molecule has 1 aliphatic rings. The Morgan fingerprint density at radius 3 is 2.18 bits per heavy atom. The van der Waals surface area contributed by atoms with Crippen LogP contribution in [0.1, 0.15) is 60.8 Å². The number of thioether (sulfide) groups is 1. The van der Waals surface area contributed by atoms with Gasteiger partial charge in [0.2, 0.25) is 11.8 Å². The molecule has 0 saturated heterocycles. The maximum Gasteiger partial charge on any atom is 0.243 e. The van der Waals surface area contributed by atoms with Crippen molar-refractivity contribution >= 4 is 23.6 Å². The van der Waals surface area contributed by atoms with Crippen molar-refractivity contribution in [2.24, 2.45) is 0 Å². The maximum absolute atomic E-state index is 13.8. The van der Waals surface area contributed by atoms with Gasteiger partial charge in [0, 0.05) is 36.9 Å². The fourth-order valence-electron chi connectivity index (χ4n) is 5.14. The average Bonchev–Trinajstić information content (AvgIpc) is 2.95. The van der Waals surface area contributed by atoms with Crippen LogP contribution in [0.3, 0.4) is 0 Å². The first-order valence-corrected chi connectivity index (χ1v) is 15.1. The lowest BCUT2D eigenvalue weighted by atomic mass is 9.94. The summed E-state index contributed by atoms with van der Waals surface area (Å²) in [4.78, 5) is 29.5. The summed E-state index contributed by atoms with van der Waals surface area (Å²) in [6, 6.07) is 28.2. The van der Waals surface area contributed by atoms with Crippen LogP contribution >= 0.6 is 11.8 Å². The summed E-state index contributed by atoms with van der Waals surface area (Å²) in [6.07, 6.45) is 6.49. The third-order valence-electron chi connectivity index (χ3n) is 7.40. The predicted octanol–water partition coefficient (Wildman–Crippen LogP) is 6.71. The Hall–Kier alpha value is -3.05. The number of hydrogen-bond acceptors (Lipinski definition) is 3. The van der Waals surface area contributed by atoms with Gasteiger partial charge in [-0.2, -0.15) is 11.8 Å². The standard InChI is InChI=1S/C33H40N2O2S/c1-26-13-11-12-18-29(26)24-35(32(36)21-22-38-25-28-16-7-3-8-17-28)31(23-27-14-5-2-6-15-27)33(37)34-30-19-9-4-10-20-30/h2-3,5-8,11-18,30-31H,4,9-10,19-25H2,1H3,(H,34,37)/t31-/m0/s1. The first kappa shape index (κ1) is 28.0. The Morgan fingerprint density at radius 2 is 1.50 bits per heavy atom. The summed E-state index contributed by atoms with van der Waals surface area (Å²) >= 11 is 1.77. The van der Waals surface area contributed by atoms with Crippen LogP contribution in [-0.2, 0) is 28.3 Å². The molecule has 3 aromatic carbocycles. The number of amides is 2. The molecule has 0 bridgehead atoms. The van der Waals surface area contributed by atoms with Gasteiger partial charge >= 0.3 is 0 Å². The van der Waals surface area contributed by atoms with Crippen molar-refractivity contribution in [2.75, 3.05) is 5.75 Å². The monoisotopic (exact) mass is 528 g/mol. The van der Waals surface area contributed by atoms with Crippen molar-refractivity contribution in [3.63, 3.8) is 0 Å². The molecular weight excluding hydrogens is 488 g/mol. The molecule has 3 aromatic rings. The molecular formula is C33H40N2O2S. The van der Waals surface area contributed by atoms with E-state index in [-0.39, 0.29) is 17.9 Å². The normalized spacial score (nSPS) is 14.6. The van der Waals surface area contributed by atoms with Gasteiger partial charge in [0.05, 0.1) is 0 Å². The fraction of sp³-hybridized carbons (Fsp3) is 0.394. The Morgan fingerprint density at radius 1 is 0.868 bits per heavy atom. The van der Waals surface area contributed by atoms with Gasteiger partial charge in [-0.05, 0) is 42.0 Å². The molecule has 1 atom stereocenters. The van der Waals surface area contributed by atoms with E-state index in [0.717, 1.165) is 53.9 Å². The summed E-state index contributed by atoms with van der Waals surface area (Å²) < 4.78 is 0. The third kappa shape index (κ3) is 8.49. The first-order chi connectivity index (χ1) is 18.6. The van der Waals surface area contributed by atoms with E-state index in [1.54, 1.807) is 11.8 Å². The number of aryl methyl sites for hydroxylation is 1. The molecule has 38 heavy (non-hydrogen) atoms. The molecule has 4 nitrogen and oxygen atoms in total. The second-order valence-corrected chi connectivity index (χ2v) is 11.4. The van der Waals surface area contributed by atoms with Gasteiger partial charge in [-0.3, -0.25) is 9.59 Å². The average molecular weight is 529 g/mol. The Kier molecular flexibility index (Phi) is 10.9. The maximum atomic E-state index is 13.8. The molecule has 0 heterocycles. The molecule has 1 saturated carbocycles. The highest BCUT2D eigenvalue weighted by atomic mass is 32.2. The number of carbonyl (C=O) groups is 2. The molecule has 200 valence electrons. The first-order valence-electron chi connectivity index (χ1n) is 13.9. The minimum atomic E-state index is -0.550. The summed E-state index contributed by atoms with van der Waals surface area (Å²) in [7, 11) is 0. The summed E-state index contributed by atoms with van der Waals surface area (Å²) in [5.74, 6) is 1.61. The molecule has 1 N–H and O–H groups in total.